The van der Waals surface area contributed by atoms with Crippen molar-refractivity contribution in [1.29, 1.82) is 0 Å². The average Bonchev–Trinajstić information content (AvgIpc) is 3.01. The van der Waals surface area contributed by atoms with Crippen LogP contribution in [-0.2, 0) is 13.1 Å². The van der Waals surface area contributed by atoms with E-state index in [4.69, 9.17) is 0 Å². The molecule has 0 bridgehead atoms. The fourth-order valence-electron chi connectivity index (χ4n) is 1.80. The Morgan fingerprint density at radius 3 is 2.68 bits per heavy atom. The largest absolute Gasteiger partial charge is 0.349 e. The van der Waals surface area contributed by atoms with Crippen LogP contribution < -0.4 is 10.2 Å². The predicted octanol–water partition coefficient (Wildman–Crippen LogP) is 3.04. The zero-order valence-electron chi connectivity index (χ0n) is 11.6. The Morgan fingerprint density at radius 1 is 1.26 bits per heavy atom. The second-order valence-corrected chi connectivity index (χ2v) is 6.30. The average molecular weight is 296 g/mol. The van der Waals surface area contributed by atoms with Gasteiger partial charge in [0, 0.05) is 48.3 Å². The number of nitrogens with zero attached hydrogens (tertiary/aromatic N) is 3. The van der Waals surface area contributed by atoms with Crippen LogP contribution in [0.25, 0.3) is 0 Å². The Morgan fingerprint density at radius 2 is 2.05 bits per heavy atom. The summed E-state index contributed by atoms with van der Waals surface area (Å²) in [5.74, 6) is 0. The minimum atomic E-state index is 0.830. The standard InChI is InChI=1S/C13H20N4S2/c1-4-17(5-2)13-15-7-11(19-13)6-14-8-12-16-10(3)9-18-12/h7,9,14H,4-6,8H2,1-3H3. The van der Waals surface area contributed by atoms with Crippen LogP contribution >= 0.6 is 22.7 Å². The van der Waals surface area contributed by atoms with E-state index in [9.17, 15) is 0 Å². The molecule has 0 aliphatic carbocycles. The maximum Gasteiger partial charge on any atom is 0.185 e. The first-order valence-electron chi connectivity index (χ1n) is 6.54. The van der Waals surface area contributed by atoms with Crippen molar-refractivity contribution in [2.45, 2.75) is 33.9 Å². The monoisotopic (exact) mass is 296 g/mol. The molecule has 104 valence electrons. The van der Waals surface area contributed by atoms with Crippen molar-refractivity contribution in [2.75, 3.05) is 18.0 Å². The summed E-state index contributed by atoms with van der Waals surface area (Å²) >= 11 is 3.47. The van der Waals surface area contributed by atoms with Crippen molar-refractivity contribution in [3.8, 4) is 0 Å². The van der Waals surface area contributed by atoms with E-state index in [1.807, 2.05) is 13.1 Å². The van der Waals surface area contributed by atoms with Gasteiger partial charge in [-0.05, 0) is 20.8 Å². The van der Waals surface area contributed by atoms with Crippen molar-refractivity contribution >= 4 is 27.8 Å². The van der Waals surface area contributed by atoms with Gasteiger partial charge in [0.1, 0.15) is 5.01 Å². The number of aromatic nitrogens is 2. The minimum absolute atomic E-state index is 0.830. The molecule has 0 unspecified atom stereocenters. The van der Waals surface area contributed by atoms with Gasteiger partial charge in [-0.3, -0.25) is 0 Å². The molecular formula is C13H20N4S2. The van der Waals surface area contributed by atoms with Gasteiger partial charge < -0.3 is 10.2 Å². The van der Waals surface area contributed by atoms with E-state index in [1.54, 1.807) is 22.7 Å². The van der Waals surface area contributed by atoms with E-state index in [-0.39, 0.29) is 0 Å². The molecule has 19 heavy (non-hydrogen) atoms. The summed E-state index contributed by atoms with van der Waals surface area (Å²) in [5, 5.41) is 7.77. The summed E-state index contributed by atoms with van der Waals surface area (Å²) in [6.45, 7) is 10.1. The smallest absolute Gasteiger partial charge is 0.185 e. The van der Waals surface area contributed by atoms with Gasteiger partial charge in [0.15, 0.2) is 5.13 Å². The molecule has 0 saturated heterocycles. The molecule has 1 N–H and O–H groups in total. The Hall–Kier alpha value is -0.980. The van der Waals surface area contributed by atoms with Gasteiger partial charge in [-0.25, -0.2) is 9.97 Å². The van der Waals surface area contributed by atoms with Gasteiger partial charge in [-0.1, -0.05) is 0 Å². The van der Waals surface area contributed by atoms with Gasteiger partial charge in [0.25, 0.3) is 0 Å². The van der Waals surface area contributed by atoms with E-state index in [2.05, 4.69) is 39.4 Å². The molecule has 0 amide bonds. The highest BCUT2D eigenvalue weighted by molar-refractivity contribution is 7.15. The number of rotatable bonds is 7. The third-order valence-electron chi connectivity index (χ3n) is 2.82. The van der Waals surface area contributed by atoms with Crippen molar-refractivity contribution in [1.82, 2.24) is 15.3 Å². The van der Waals surface area contributed by atoms with Crippen molar-refractivity contribution in [2.24, 2.45) is 0 Å². The molecule has 0 atom stereocenters. The first-order valence-corrected chi connectivity index (χ1v) is 8.24. The van der Waals surface area contributed by atoms with Crippen LogP contribution in [0.5, 0.6) is 0 Å². The summed E-state index contributed by atoms with van der Waals surface area (Å²) in [4.78, 5) is 12.5. The molecule has 2 aromatic rings. The van der Waals surface area contributed by atoms with Crippen LogP contribution in [0.15, 0.2) is 11.6 Å². The van der Waals surface area contributed by atoms with Gasteiger partial charge in [0.2, 0.25) is 0 Å². The van der Waals surface area contributed by atoms with E-state index in [0.717, 1.165) is 42.0 Å². The topological polar surface area (TPSA) is 41.1 Å². The molecule has 2 rings (SSSR count). The number of anilines is 1. The summed E-state index contributed by atoms with van der Waals surface area (Å²) in [6, 6.07) is 0. The molecule has 2 aromatic heterocycles. The number of hydrogen-bond donors (Lipinski definition) is 1. The zero-order chi connectivity index (χ0) is 13.7. The highest BCUT2D eigenvalue weighted by Gasteiger charge is 2.07. The quantitative estimate of drug-likeness (QED) is 0.852. The molecule has 0 aromatic carbocycles. The maximum atomic E-state index is 4.48. The Kier molecular flexibility index (Phi) is 5.30. The fourth-order valence-corrected chi connectivity index (χ4v) is 3.54. The Balaban J connectivity index is 1.83. The van der Waals surface area contributed by atoms with Gasteiger partial charge in [-0.2, -0.15) is 0 Å². The second-order valence-electron chi connectivity index (χ2n) is 4.27. The lowest BCUT2D eigenvalue weighted by Gasteiger charge is -2.16. The van der Waals surface area contributed by atoms with Gasteiger partial charge in [0.05, 0.1) is 0 Å². The maximum absolute atomic E-state index is 4.48. The van der Waals surface area contributed by atoms with E-state index in [0.29, 0.717) is 0 Å². The molecular weight excluding hydrogens is 276 g/mol. The summed E-state index contributed by atoms with van der Waals surface area (Å²) in [7, 11) is 0. The van der Waals surface area contributed by atoms with Crippen LogP contribution in [0, 0.1) is 6.92 Å². The fraction of sp³-hybridized carbons (Fsp3) is 0.538. The lowest BCUT2D eigenvalue weighted by Crippen LogP contribution is -2.21. The van der Waals surface area contributed by atoms with Crippen molar-refractivity contribution in [3.05, 3.63) is 27.2 Å². The number of thiazole rings is 2. The summed E-state index contributed by atoms with van der Waals surface area (Å²) < 4.78 is 0. The van der Waals surface area contributed by atoms with Gasteiger partial charge in [-0.15, -0.1) is 22.7 Å². The van der Waals surface area contributed by atoms with E-state index < -0.39 is 0 Å². The first-order chi connectivity index (χ1) is 9.22. The second kappa shape index (κ2) is 6.98. The number of aryl methyl sites for hydroxylation is 1. The lowest BCUT2D eigenvalue weighted by molar-refractivity contribution is 0.695. The SMILES string of the molecule is CCN(CC)c1ncc(CNCc2nc(C)cs2)s1. The molecule has 6 heteroatoms. The lowest BCUT2D eigenvalue weighted by atomic mass is 10.5. The van der Waals surface area contributed by atoms with Crippen molar-refractivity contribution in [3.63, 3.8) is 0 Å². The minimum Gasteiger partial charge on any atom is -0.349 e. The molecule has 2 heterocycles. The highest BCUT2D eigenvalue weighted by Crippen LogP contribution is 2.22. The van der Waals surface area contributed by atoms with E-state index >= 15 is 0 Å². The Bertz CT molecular complexity index is 502. The van der Waals surface area contributed by atoms with Gasteiger partial charge >= 0.3 is 0 Å². The third kappa shape index (κ3) is 3.99. The Labute approximate surface area is 122 Å². The molecule has 0 aliphatic heterocycles. The van der Waals surface area contributed by atoms with Crippen LogP contribution in [-0.4, -0.2) is 23.1 Å². The van der Waals surface area contributed by atoms with Crippen LogP contribution in [0.3, 0.4) is 0 Å². The molecule has 0 radical (unpaired) electrons. The van der Waals surface area contributed by atoms with Crippen LogP contribution in [0.4, 0.5) is 5.13 Å². The van der Waals surface area contributed by atoms with E-state index in [1.165, 1.54) is 4.88 Å². The predicted molar refractivity (Wildman–Crippen MR) is 83.1 cm³/mol. The summed E-state index contributed by atoms with van der Waals surface area (Å²) in [5.41, 5.74) is 1.10. The first kappa shape index (κ1) is 14.4. The highest BCUT2D eigenvalue weighted by atomic mass is 32.1. The number of hydrogen-bond acceptors (Lipinski definition) is 6. The zero-order valence-corrected chi connectivity index (χ0v) is 13.3. The summed E-state index contributed by atoms with van der Waals surface area (Å²) in [6.07, 6.45) is 1.97. The van der Waals surface area contributed by atoms with Crippen LogP contribution in [0.1, 0.15) is 29.4 Å². The molecule has 0 fully saturated rings. The molecule has 4 nitrogen and oxygen atoms in total. The normalized spacial score (nSPS) is 10.9. The van der Waals surface area contributed by atoms with Crippen LogP contribution in [0.2, 0.25) is 0 Å². The number of nitrogens with one attached hydrogen (secondary N) is 1. The van der Waals surface area contributed by atoms with Crippen molar-refractivity contribution < 1.29 is 0 Å². The molecule has 0 saturated carbocycles. The molecule has 0 aliphatic rings. The third-order valence-corrected chi connectivity index (χ3v) is 4.84. The molecule has 0 spiro atoms.